The van der Waals surface area contributed by atoms with Crippen molar-refractivity contribution >= 4 is 92.9 Å². The van der Waals surface area contributed by atoms with Gasteiger partial charge in [0.05, 0.1) is 62.1 Å². The van der Waals surface area contributed by atoms with E-state index in [9.17, 15) is 75.1 Å². The third kappa shape index (κ3) is 19.8. The van der Waals surface area contributed by atoms with Crippen LogP contribution in [0.15, 0.2) is 77.7 Å². The van der Waals surface area contributed by atoms with E-state index in [4.69, 9.17) is 52.7 Å². The summed E-state index contributed by atoms with van der Waals surface area (Å²) in [6, 6.07) is 14.1. The van der Waals surface area contributed by atoms with Crippen molar-refractivity contribution in [2.75, 3.05) is 43.6 Å². The highest BCUT2D eigenvalue weighted by atomic mass is 35.5. The van der Waals surface area contributed by atoms with Gasteiger partial charge in [0.15, 0.2) is 27.2 Å². The Morgan fingerprint density at radius 3 is 2.01 bits per heavy atom. The third-order valence-corrected chi connectivity index (χ3v) is 12.5. The number of carbonyl (C=O) groups excluding carboxylic acids is 4. The summed E-state index contributed by atoms with van der Waals surface area (Å²) in [6.07, 6.45) is -2.93. The summed E-state index contributed by atoms with van der Waals surface area (Å²) >= 11 is 11.5. The number of nitrogens with zero attached hydrogens (tertiary/aromatic N) is 3. The quantitative estimate of drug-likeness (QED) is 0.0158. The molecule has 1 fully saturated rings. The number of aryl methyl sites for hydroxylation is 2. The van der Waals surface area contributed by atoms with Crippen molar-refractivity contribution in [3.05, 3.63) is 126 Å². The number of amides is 1. The molecular formula is C46H50Cl2F3N4O19PS. The minimum absolute atomic E-state index is 0.0223. The van der Waals surface area contributed by atoms with Crippen LogP contribution in [0.1, 0.15) is 70.5 Å². The minimum atomic E-state index is -4.58. The summed E-state index contributed by atoms with van der Waals surface area (Å²) in [5, 5.41) is 40.6. The molecular weight excluding hydrogens is 1100 g/mol. The number of methoxy groups -OCH3 is 1. The number of anilines is 1. The maximum atomic E-state index is 12.6. The van der Waals surface area contributed by atoms with Crippen molar-refractivity contribution in [3.63, 3.8) is 0 Å². The molecule has 5 rings (SSSR count). The summed E-state index contributed by atoms with van der Waals surface area (Å²) in [5.74, 6) is -6.70. The Labute approximate surface area is 441 Å². The van der Waals surface area contributed by atoms with Gasteiger partial charge in [0.1, 0.15) is 28.9 Å². The number of nitro groups is 2. The van der Waals surface area contributed by atoms with Gasteiger partial charge in [-0.1, -0.05) is 36.7 Å². The lowest BCUT2D eigenvalue weighted by Gasteiger charge is -2.31. The molecule has 0 radical (unpaired) electrons. The summed E-state index contributed by atoms with van der Waals surface area (Å²) in [6.45, 7) is 6.12. The first kappa shape index (κ1) is 65.4. The Morgan fingerprint density at radius 1 is 0.934 bits per heavy atom. The average Bonchev–Trinajstić information content (AvgIpc) is 3.31. The first-order chi connectivity index (χ1) is 35.2. The average molecular weight is 1150 g/mol. The predicted molar refractivity (Wildman–Crippen MR) is 267 cm³/mol. The summed E-state index contributed by atoms with van der Waals surface area (Å²) in [4.78, 5) is 107. The second-order valence-corrected chi connectivity index (χ2v) is 20.4. The van der Waals surface area contributed by atoms with Crippen molar-refractivity contribution in [2.45, 2.75) is 63.6 Å². The molecule has 4 aromatic rings. The number of halogens is 5. The molecule has 414 valence electrons. The highest BCUT2D eigenvalue weighted by molar-refractivity contribution is 7.90. The van der Waals surface area contributed by atoms with Gasteiger partial charge in [0.25, 0.3) is 11.4 Å². The number of hydrogen-bond acceptors (Lipinski definition) is 16. The first-order valence-electron chi connectivity index (χ1n) is 21.8. The number of Topliss-reactive ketones (excluding diaryl/α,β-unsaturated/α-hetero) is 3. The van der Waals surface area contributed by atoms with Crippen molar-refractivity contribution in [1.82, 2.24) is 5.32 Å². The standard InChI is InChI=1S/C15H22ClNO2.C14H7ClF3NO5.C14H13NO7S.C3H8NO5P/c1-5-13-8-6-7-11(2)15(13)17(14(18)9-16)12(3)10-19-4;15-10-5-7(14(16,17)18)1-4-12(10)24-8-2-3-11(19(22)23)9(6-8)13(20)21;1-23(21,22)8-5-6-9(10(7-8)15(19)20)14(18)13-11(16)3-2-4-12(13)17;5-3(6)1-4-2-10(7,8)9/h6-8,12H,5,9-10H2,1-4H3;1-6H,(H,20,21);5-7,13H,2-4H2,1H3;4H,1-2H2,(H,5,6)(H2,7,8,9). The van der Waals surface area contributed by atoms with Gasteiger partial charge in [-0.2, -0.15) is 13.2 Å². The number of ether oxygens (including phenoxy) is 2. The van der Waals surface area contributed by atoms with Gasteiger partial charge in [-0.3, -0.25) is 54.1 Å². The van der Waals surface area contributed by atoms with E-state index in [0.717, 1.165) is 78.0 Å². The number of hydrogen-bond donors (Lipinski definition) is 5. The molecule has 76 heavy (non-hydrogen) atoms. The van der Waals surface area contributed by atoms with E-state index in [2.05, 4.69) is 18.3 Å². The van der Waals surface area contributed by atoms with Crippen LogP contribution in [0.25, 0.3) is 0 Å². The van der Waals surface area contributed by atoms with Crippen LogP contribution in [0.2, 0.25) is 5.02 Å². The van der Waals surface area contributed by atoms with Gasteiger partial charge < -0.3 is 34.4 Å². The van der Waals surface area contributed by atoms with E-state index in [0.29, 0.717) is 19.1 Å². The van der Waals surface area contributed by atoms with Gasteiger partial charge in [-0.15, -0.1) is 11.6 Å². The number of benzene rings is 4. The number of rotatable bonds is 18. The van der Waals surface area contributed by atoms with E-state index in [-0.39, 0.29) is 52.1 Å². The van der Waals surface area contributed by atoms with Crippen molar-refractivity contribution < 1.29 is 94.2 Å². The van der Waals surface area contributed by atoms with Crippen LogP contribution in [0.4, 0.5) is 30.2 Å². The second-order valence-electron chi connectivity index (χ2n) is 16.1. The molecule has 0 aromatic heterocycles. The van der Waals surface area contributed by atoms with E-state index in [1.54, 1.807) is 12.0 Å². The van der Waals surface area contributed by atoms with Crippen LogP contribution >= 0.6 is 30.8 Å². The lowest BCUT2D eigenvalue weighted by atomic mass is 9.81. The normalized spacial score (nSPS) is 13.1. The Kier molecular flexibility index (Phi) is 24.9. The summed E-state index contributed by atoms with van der Waals surface area (Å²) in [5.41, 5.74) is -0.203. The van der Waals surface area contributed by atoms with Crippen molar-refractivity contribution in [1.29, 1.82) is 0 Å². The van der Waals surface area contributed by atoms with Gasteiger partial charge in [-0.05, 0) is 74.2 Å². The SMILES string of the molecule is CCc1cccc(C)c1N(C(=O)CCl)C(C)COC.CS(=O)(=O)c1ccc(C(=O)C2C(=O)CCCC2=O)c([N+](=O)[O-])c1.O=C(O)CNCP(=O)(O)O.O=C(O)c1cc(Oc2ccc(C(F)(F)F)cc2Cl)ccc1[N+](=O)[O-]. The highest BCUT2D eigenvalue weighted by Gasteiger charge is 2.39. The van der Waals surface area contributed by atoms with Gasteiger partial charge in [0.2, 0.25) is 5.91 Å². The van der Waals surface area contributed by atoms with Gasteiger partial charge in [0, 0.05) is 44.4 Å². The van der Waals surface area contributed by atoms with Crippen LogP contribution in [0.5, 0.6) is 11.5 Å². The molecule has 0 aliphatic heterocycles. The van der Waals surface area contributed by atoms with Gasteiger partial charge in [-0.25, -0.2) is 13.2 Å². The number of alkyl halides is 4. The molecule has 0 bridgehead atoms. The number of aliphatic carboxylic acids is 1. The fourth-order valence-corrected chi connectivity index (χ4v) is 8.27. The molecule has 1 aliphatic carbocycles. The number of sulfone groups is 1. The molecule has 23 nitrogen and oxygen atoms in total. The molecule has 0 spiro atoms. The Balaban J connectivity index is 0.000000360. The summed E-state index contributed by atoms with van der Waals surface area (Å²) in [7, 11) is -6.16. The fraction of sp³-hybridized carbons (Fsp3) is 0.348. The fourth-order valence-electron chi connectivity index (χ4n) is 6.88. The monoisotopic (exact) mass is 1150 g/mol. The van der Waals surface area contributed by atoms with Crippen LogP contribution in [0, 0.1) is 33.1 Å². The number of ketones is 3. The molecule has 1 saturated carbocycles. The van der Waals surface area contributed by atoms with E-state index in [1.165, 1.54) is 0 Å². The molecule has 0 saturated heterocycles. The Hall–Kier alpha value is -6.71. The van der Waals surface area contributed by atoms with Crippen molar-refractivity contribution in [3.8, 4) is 11.5 Å². The predicted octanol–water partition coefficient (Wildman–Crippen LogP) is 7.84. The van der Waals surface area contributed by atoms with Gasteiger partial charge >= 0.3 is 25.7 Å². The number of carbonyl (C=O) groups is 6. The maximum absolute atomic E-state index is 12.6. The van der Waals surface area contributed by atoms with Crippen LogP contribution in [0.3, 0.4) is 0 Å². The number of para-hydroxylation sites is 1. The Morgan fingerprint density at radius 2 is 1.54 bits per heavy atom. The Bertz CT molecular complexity index is 2980. The molecule has 0 heterocycles. The zero-order chi connectivity index (χ0) is 58.0. The zero-order valence-corrected chi connectivity index (χ0v) is 44.0. The van der Waals surface area contributed by atoms with Crippen LogP contribution in [-0.2, 0) is 50.9 Å². The maximum Gasteiger partial charge on any atom is 0.416 e. The van der Waals surface area contributed by atoms with Crippen LogP contribution in [-0.4, -0.2) is 118 Å². The zero-order valence-electron chi connectivity index (χ0n) is 40.7. The minimum Gasteiger partial charge on any atom is -0.480 e. The number of carboxylic acid groups (broad SMARTS) is 2. The lowest BCUT2D eigenvalue weighted by molar-refractivity contribution is -0.385. The molecule has 5 N–H and O–H groups in total. The number of nitro benzene ring substituents is 2. The van der Waals surface area contributed by atoms with E-state index in [1.807, 2.05) is 26.0 Å². The molecule has 1 amide bonds. The molecule has 30 heteroatoms. The first-order valence-corrected chi connectivity index (χ1v) is 26.4. The van der Waals surface area contributed by atoms with E-state index >= 15 is 0 Å². The summed E-state index contributed by atoms with van der Waals surface area (Å²) < 4.78 is 81.1. The smallest absolute Gasteiger partial charge is 0.416 e. The third-order valence-electron chi connectivity index (χ3n) is 10.3. The molecule has 1 aliphatic rings. The van der Waals surface area contributed by atoms with E-state index < -0.39 is 110 Å². The number of aromatic carboxylic acids is 1. The largest absolute Gasteiger partial charge is 0.480 e. The molecule has 1 atom stereocenters. The molecule has 1 unspecified atom stereocenters. The number of nitrogens with one attached hydrogen (secondary N) is 1. The highest BCUT2D eigenvalue weighted by Crippen LogP contribution is 2.38. The lowest BCUT2D eigenvalue weighted by Crippen LogP contribution is -2.43. The second kappa shape index (κ2) is 29.0. The number of carboxylic acids is 2. The van der Waals surface area contributed by atoms with Crippen LogP contribution < -0.4 is 15.0 Å². The van der Waals surface area contributed by atoms with Crippen molar-refractivity contribution in [2.24, 2.45) is 5.92 Å². The molecule has 4 aromatic carbocycles. The topological polar surface area (TPSA) is 355 Å².